The van der Waals surface area contributed by atoms with E-state index in [-0.39, 0.29) is 0 Å². The monoisotopic (exact) mass is 426 g/mol. The van der Waals surface area contributed by atoms with Crippen LogP contribution in [0.2, 0.25) is 0 Å². The van der Waals surface area contributed by atoms with Crippen molar-refractivity contribution in [3.63, 3.8) is 0 Å². The van der Waals surface area contributed by atoms with Crippen molar-refractivity contribution >= 4 is 22.6 Å². The minimum atomic E-state index is 0.362. The van der Waals surface area contributed by atoms with Gasteiger partial charge in [-0.3, -0.25) is 0 Å². The summed E-state index contributed by atoms with van der Waals surface area (Å²) in [6.07, 6.45) is 19.6. The van der Waals surface area contributed by atoms with Crippen molar-refractivity contribution in [1.29, 1.82) is 0 Å². The van der Waals surface area contributed by atoms with Gasteiger partial charge in [0.25, 0.3) is 0 Å². The van der Waals surface area contributed by atoms with E-state index in [0.29, 0.717) is 10.7 Å². The highest BCUT2D eigenvalue weighted by molar-refractivity contribution is 14.1. The Labute approximate surface area is 153 Å². The third kappa shape index (κ3) is 18.7. The minimum Gasteiger partial charge on any atom is -0.382 e. The van der Waals surface area contributed by atoms with Crippen molar-refractivity contribution < 1.29 is 9.47 Å². The van der Waals surface area contributed by atoms with Gasteiger partial charge in [-0.05, 0) is 6.42 Å². The minimum absolute atomic E-state index is 0.362. The molecule has 1 unspecified atom stereocenters. The van der Waals surface area contributed by atoms with Gasteiger partial charge < -0.3 is 9.47 Å². The predicted octanol–water partition coefficient (Wildman–Crippen LogP) is 6.89. The Morgan fingerprint density at radius 3 is 1.59 bits per heavy atom. The fraction of sp³-hybridized carbons (Fsp3) is 1.00. The van der Waals surface area contributed by atoms with Gasteiger partial charge in [-0.2, -0.15) is 0 Å². The van der Waals surface area contributed by atoms with E-state index in [1.165, 1.54) is 89.9 Å². The van der Waals surface area contributed by atoms with Gasteiger partial charge in [0.05, 0.1) is 13.2 Å². The average molecular weight is 426 g/mol. The SMILES string of the molecule is CCCCCCCCCCCCCCCC(I)OCCOC. The van der Waals surface area contributed by atoms with Crippen LogP contribution in [-0.4, -0.2) is 24.4 Å². The Kier molecular flexibility index (Phi) is 20.3. The third-order valence-electron chi connectivity index (χ3n) is 4.12. The van der Waals surface area contributed by atoms with E-state index in [9.17, 15) is 0 Å². The molecule has 0 aromatic carbocycles. The van der Waals surface area contributed by atoms with Crippen LogP contribution in [0.5, 0.6) is 0 Å². The van der Waals surface area contributed by atoms with Crippen LogP contribution >= 0.6 is 22.6 Å². The molecule has 0 bridgehead atoms. The summed E-state index contributed by atoms with van der Waals surface area (Å²) in [5, 5.41) is 0. The Balaban J connectivity index is 3.05. The summed E-state index contributed by atoms with van der Waals surface area (Å²) in [7, 11) is 1.72. The van der Waals surface area contributed by atoms with Gasteiger partial charge in [0.15, 0.2) is 0 Å². The average Bonchev–Trinajstić information content (AvgIpc) is 2.52. The molecule has 134 valence electrons. The number of hydrogen-bond donors (Lipinski definition) is 0. The second kappa shape index (κ2) is 19.7. The Bertz CT molecular complexity index is 200. The molecule has 0 radical (unpaired) electrons. The molecule has 0 aliphatic rings. The lowest BCUT2D eigenvalue weighted by Crippen LogP contribution is -2.09. The van der Waals surface area contributed by atoms with Gasteiger partial charge >= 0.3 is 0 Å². The van der Waals surface area contributed by atoms with Gasteiger partial charge in [-0.25, -0.2) is 0 Å². The van der Waals surface area contributed by atoms with E-state index in [1.807, 2.05) is 0 Å². The van der Waals surface area contributed by atoms with Gasteiger partial charge in [0.1, 0.15) is 4.11 Å². The van der Waals surface area contributed by atoms with Crippen LogP contribution in [-0.2, 0) is 9.47 Å². The standard InChI is InChI=1S/C19H39IO2/c1-3-4-5-6-7-8-9-10-11-12-13-14-15-16-19(20)22-18-17-21-2/h19H,3-18H2,1-2H3. The maximum Gasteiger partial charge on any atom is 0.108 e. The fourth-order valence-electron chi connectivity index (χ4n) is 2.67. The Morgan fingerprint density at radius 2 is 1.14 bits per heavy atom. The quantitative estimate of drug-likeness (QED) is 0.135. The van der Waals surface area contributed by atoms with Gasteiger partial charge in [-0.15, -0.1) is 0 Å². The highest BCUT2D eigenvalue weighted by atomic mass is 127. The third-order valence-corrected chi connectivity index (χ3v) is 5.10. The largest absolute Gasteiger partial charge is 0.382 e. The summed E-state index contributed by atoms with van der Waals surface area (Å²) >= 11 is 2.40. The van der Waals surface area contributed by atoms with E-state index in [4.69, 9.17) is 9.47 Å². The number of hydrogen-bond acceptors (Lipinski definition) is 2. The molecule has 0 N–H and O–H groups in total. The van der Waals surface area contributed by atoms with Crippen LogP contribution < -0.4 is 0 Å². The highest BCUT2D eigenvalue weighted by Crippen LogP contribution is 2.16. The first-order valence-corrected chi connectivity index (χ1v) is 10.8. The molecule has 22 heavy (non-hydrogen) atoms. The fourth-order valence-corrected chi connectivity index (χ4v) is 3.36. The number of ether oxygens (including phenoxy) is 2. The van der Waals surface area contributed by atoms with Crippen molar-refractivity contribution in [1.82, 2.24) is 0 Å². The first-order valence-electron chi connectivity index (χ1n) is 9.55. The maximum absolute atomic E-state index is 5.65. The van der Waals surface area contributed by atoms with Crippen molar-refractivity contribution in [2.24, 2.45) is 0 Å². The number of methoxy groups -OCH3 is 1. The summed E-state index contributed by atoms with van der Waals surface area (Å²) in [6.45, 7) is 3.72. The summed E-state index contributed by atoms with van der Waals surface area (Å²) < 4.78 is 11.0. The van der Waals surface area contributed by atoms with Gasteiger partial charge in [-0.1, -0.05) is 113 Å². The molecule has 0 aliphatic carbocycles. The molecule has 0 spiro atoms. The van der Waals surface area contributed by atoms with Crippen LogP contribution in [0.15, 0.2) is 0 Å². The zero-order valence-corrected chi connectivity index (χ0v) is 17.2. The van der Waals surface area contributed by atoms with E-state index in [0.717, 1.165) is 6.61 Å². The second-order valence-electron chi connectivity index (χ2n) is 6.30. The lowest BCUT2D eigenvalue weighted by molar-refractivity contribution is 0.0601. The number of alkyl halides is 1. The molecule has 2 nitrogen and oxygen atoms in total. The van der Waals surface area contributed by atoms with Gasteiger partial charge in [0.2, 0.25) is 0 Å². The molecule has 0 saturated heterocycles. The molecule has 0 fully saturated rings. The number of unbranched alkanes of at least 4 members (excludes halogenated alkanes) is 12. The van der Waals surface area contributed by atoms with Gasteiger partial charge in [0, 0.05) is 7.11 Å². The molecule has 1 atom stereocenters. The van der Waals surface area contributed by atoms with E-state index < -0.39 is 0 Å². The molecule has 0 aromatic heterocycles. The highest BCUT2D eigenvalue weighted by Gasteiger charge is 2.03. The van der Waals surface area contributed by atoms with Crippen LogP contribution in [0.4, 0.5) is 0 Å². The summed E-state index contributed by atoms with van der Waals surface area (Å²) in [4.78, 5) is 0. The second-order valence-corrected chi connectivity index (χ2v) is 7.69. The zero-order valence-electron chi connectivity index (χ0n) is 15.1. The lowest BCUT2D eigenvalue weighted by atomic mass is 10.0. The molecular formula is C19H39IO2. The summed E-state index contributed by atoms with van der Waals surface area (Å²) in [6, 6.07) is 0. The molecule has 0 aliphatic heterocycles. The Hall–Kier alpha value is 0.650. The number of rotatable bonds is 18. The Morgan fingerprint density at radius 1 is 0.682 bits per heavy atom. The molecule has 0 amide bonds. The number of halogens is 1. The molecule has 0 aromatic rings. The maximum atomic E-state index is 5.65. The lowest BCUT2D eigenvalue weighted by Gasteiger charge is -2.10. The van der Waals surface area contributed by atoms with E-state index >= 15 is 0 Å². The van der Waals surface area contributed by atoms with Crippen molar-refractivity contribution in [2.45, 2.75) is 101 Å². The molecule has 0 rings (SSSR count). The van der Waals surface area contributed by atoms with Crippen LogP contribution in [0.1, 0.15) is 96.8 Å². The summed E-state index contributed by atoms with van der Waals surface area (Å²) in [5.74, 6) is 0. The molecule has 0 saturated carbocycles. The molecular weight excluding hydrogens is 387 g/mol. The van der Waals surface area contributed by atoms with E-state index in [2.05, 4.69) is 29.5 Å². The van der Waals surface area contributed by atoms with Crippen molar-refractivity contribution in [3.8, 4) is 0 Å². The van der Waals surface area contributed by atoms with Crippen LogP contribution in [0.25, 0.3) is 0 Å². The van der Waals surface area contributed by atoms with Crippen LogP contribution in [0.3, 0.4) is 0 Å². The predicted molar refractivity (Wildman–Crippen MR) is 106 cm³/mol. The first kappa shape index (κ1) is 22.6. The molecule has 0 heterocycles. The first-order chi connectivity index (χ1) is 10.8. The zero-order chi connectivity index (χ0) is 16.3. The normalized spacial score (nSPS) is 12.7. The van der Waals surface area contributed by atoms with Crippen molar-refractivity contribution in [2.75, 3.05) is 20.3 Å². The summed E-state index contributed by atoms with van der Waals surface area (Å²) in [5.41, 5.74) is 0. The smallest absolute Gasteiger partial charge is 0.108 e. The van der Waals surface area contributed by atoms with Crippen LogP contribution in [0, 0.1) is 0 Å². The topological polar surface area (TPSA) is 18.5 Å². The van der Waals surface area contributed by atoms with Crippen molar-refractivity contribution in [3.05, 3.63) is 0 Å². The van der Waals surface area contributed by atoms with E-state index in [1.54, 1.807) is 7.11 Å². The molecule has 3 heteroatoms.